The van der Waals surface area contributed by atoms with Crippen molar-refractivity contribution in [3.05, 3.63) is 62.9 Å². The Labute approximate surface area is 162 Å². The summed E-state index contributed by atoms with van der Waals surface area (Å²) >= 11 is 1.49. The van der Waals surface area contributed by atoms with Crippen LogP contribution in [0.4, 0.5) is 0 Å². The molecule has 3 aromatic rings. The second-order valence-corrected chi connectivity index (χ2v) is 7.81. The van der Waals surface area contributed by atoms with E-state index < -0.39 is 0 Å². The standard InChI is InChI=1S/C21H24N2O3S/c1-5-11-23-12-10-17-19(21(23)25)18(14(3)27-17)20(24)22-13(2)15-6-8-16(26-4)9-7-15/h6-10,12-13H,5,11H2,1-4H3,(H,22,24). The smallest absolute Gasteiger partial charge is 0.260 e. The topological polar surface area (TPSA) is 60.3 Å². The molecular formula is C21H24N2O3S. The Morgan fingerprint density at radius 1 is 1.26 bits per heavy atom. The number of carbonyl (C=O) groups is 1. The largest absolute Gasteiger partial charge is 0.497 e. The van der Waals surface area contributed by atoms with E-state index in [4.69, 9.17) is 4.74 Å². The number of aryl methyl sites for hydroxylation is 2. The molecule has 2 heterocycles. The van der Waals surface area contributed by atoms with E-state index in [1.807, 2.05) is 57.3 Å². The van der Waals surface area contributed by atoms with E-state index in [0.717, 1.165) is 27.3 Å². The van der Waals surface area contributed by atoms with Crippen molar-refractivity contribution in [2.45, 2.75) is 39.8 Å². The van der Waals surface area contributed by atoms with Gasteiger partial charge in [0.2, 0.25) is 0 Å². The molecule has 0 saturated heterocycles. The van der Waals surface area contributed by atoms with Gasteiger partial charge >= 0.3 is 0 Å². The van der Waals surface area contributed by atoms with Crippen molar-refractivity contribution in [1.82, 2.24) is 9.88 Å². The summed E-state index contributed by atoms with van der Waals surface area (Å²) in [6.45, 7) is 6.49. The fraction of sp³-hybridized carbons (Fsp3) is 0.333. The minimum absolute atomic E-state index is 0.0963. The minimum atomic E-state index is -0.214. The third-order valence-electron chi connectivity index (χ3n) is 4.65. The van der Waals surface area contributed by atoms with Crippen molar-refractivity contribution in [2.75, 3.05) is 7.11 Å². The van der Waals surface area contributed by atoms with Crippen LogP contribution < -0.4 is 15.6 Å². The first-order chi connectivity index (χ1) is 13.0. The first kappa shape index (κ1) is 19.2. The molecule has 0 fully saturated rings. The van der Waals surface area contributed by atoms with Crippen LogP contribution in [0.15, 0.2) is 41.3 Å². The number of hydrogen-bond donors (Lipinski definition) is 1. The number of carbonyl (C=O) groups excluding carboxylic acids is 1. The highest BCUT2D eigenvalue weighted by molar-refractivity contribution is 7.19. The number of rotatable bonds is 6. The third-order valence-corrected chi connectivity index (χ3v) is 5.72. The number of methoxy groups -OCH3 is 1. The molecule has 27 heavy (non-hydrogen) atoms. The van der Waals surface area contributed by atoms with Crippen LogP contribution in [0.1, 0.15) is 47.1 Å². The molecule has 2 aromatic heterocycles. The second kappa shape index (κ2) is 7.96. The van der Waals surface area contributed by atoms with Crippen molar-refractivity contribution in [2.24, 2.45) is 0 Å². The lowest BCUT2D eigenvalue weighted by molar-refractivity contribution is 0.0941. The van der Waals surface area contributed by atoms with E-state index in [1.165, 1.54) is 11.3 Å². The Hall–Kier alpha value is -2.60. The monoisotopic (exact) mass is 384 g/mol. The molecule has 1 N–H and O–H groups in total. The molecule has 1 unspecified atom stereocenters. The van der Waals surface area contributed by atoms with Gasteiger partial charge in [0.05, 0.1) is 24.1 Å². The highest BCUT2D eigenvalue weighted by Gasteiger charge is 2.21. The zero-order valence-electron chi connectivity index (χ0n) is 16.0. The highest BCUT2D eigenvalue weighted by atomic mass is 32.1. The van der Waals surface area contributed by atoms with Crippen LogP contribution in [0, 0.1) is 6.92 Å². The van der Waals surface area contributed by atoms with Gasteiger partial charge in [-0.15, -0.1) is 11.3 Å². The van der Waals surface area contributed by atoms with Gasteiger partial charge in [0.25, 0.3) is 11.5 Å². The molecule has 0 spiro atoms. The Morgan fingerprint density at radius 2 is 1.96 bits per heavy atom. The van der Waals surface area contributed by atoms with E-state index in [2.05, 4.69) is 5.32 Å². The number of amides is 1. The quantitative estimate of drug-likeness (QED) is 0.690. The molecule has 0 saturated carbocycles. The second-order valence-electron chi connectivity index (χ2n) is 6.56. The lowest BCUT2D eigenvalue weighted by Crippen LogP contribution is -2.28. The number of hydrogen-bond acceptors (Lipinski definition) is 4. The first-order valence-electron chi connectivity index (χ1n) is 9.03. The fourth-order valence-electron chi connectivity index (χ4n) is 3.20. The van der Waals surface area contributed by atoms with Crippen LogP contribution in [0.2, 0.25) is 0 Å². The SMILES string of the molecule is CCCn1ccc2sc(C)c(C(=O)NC(C)c3ccc(OC)cc3)c2c1=O. The van der Waals surface area contributed by atoms with Crippen LogP contribution in [0.3, 0.4) is 0 Å². The maximum atomic E-state index is 13.0. The van der Waals surface area contributed by atoms with Crippen molar-refractivity contribution in [3.63, 3.8) is 0 Å². The third kappa shape index (κ3) is 3.76. The predicted molar refractivity (Wildman–Crippen MR) is 110 cm³/mol. The molecule has 0 aliphatic carbocycles. The number of nitrogens with one attached hydrogen (secondary N) is 1. The molecule has 1 atom stereocenters. The van der Waals surface area contributed by atoms with Crippen molar-refractivity contribution < 1.29 is 9.53 Å². The van der Waals surface area contributed by atoms with Crippen LogP contribution in [0.25, 0.3) is 10.1 Å². The van der Waals surface area contributed by atoms with Crippen molar-refractivity contribution in [1.29, 1.82) is 0 Å². The van der Waals surface area contributed by atoms with E-state index in [0.29, 0.717) is 17.5 Å². The summed E-state index contributed by atoms with van der Waals surface area (Å²) < 4.78 is 7.71. The first-order valence-corrected chi connectivity index (χ1v) is 9.85. The van der Waals surface area contributed by atoms with Gasteiger partial charge < -0.3 is 14.6 Å². The molecular weight excluding hydrogens is 360 g/mol. The van der Waals surface area contributed by atoms with Gasteiger partial charge in [-0.05, 0) is 44.0 Å². The van der Waals surface area contributed by atoms with Crippen molar-refractivity contribution in [3.8, 4) is 5.75 Å². The molecule has 0 bridgehead atoms. The lowest BCUT2D eigenvalue weighted by atomic mass is 10.1. The van der Waals surface area contributed by atoms with E-state index in [9.17, 15) is 9.59 Å². The summed E-state index contributed by atoms with van der Waals surface area (Å²) in [4.78, 5) is 26.7. The van der Waals surface area contributed by atoms with Crippen LogP contribution in [-0.4, -0.2) is 17.6 Å². The number of aromatic nitrogens is 1. The van der Waals surface area contributed by atoms with Gasteiger partial charge in [0, 0.05) is 22.3 Å². The van der Waals surface area contributed by atoms with Gasteiger partial charge in [-0.1, -0.05) is 19.1 Å². The summed E-state index contributed by atoms with van der Waals surface area (Å²) in [6, 6.07) is 9.33. The molecule has 1 amide bonds. The zero-order valence-corrected chi connectivity index (χ0v) is 16.9. The Bertz CT molecular complexity index is 1020. The molecule has 0 aliphatic rings. The Morgan fingerprint density at radius 3 is 2.59 bits per heavy atom. The normalized spacial score (nSPS) is 12.1. The van der Waals surface area contributed by atoms with E-state index in [1.54, 1.807) is 11.7 Å². The molecule has 5 nitrogen and oxygen atoms in total. The zero-order chi connectivity index (χ0) is 19.6. The van der Waals surface area contributed by atoms with Crippen molar-refractivity contribution >= 4 is 27.3 Å². The maximum Gasteiger partial charge on any atom is 0.260 e. The van der Waals surface area contributed by atoms with Crippen LogP contribution in [-0.2, 0) is 6.54 Å². The molecule has 0 radical (unpaired) electrons. The van der Waals surface area contributed by atoms with Gasteiger partial charge in [-0.3, -0.25) is 9.59 Å². The highest BCUT2D eigenvalue weighted by Crippen LogP contribution is 2.29. The van der Waals surface area contributed by atoms with Crippen LogP contribution in [0.5, 0.6) is 5.75 Å². The van der Waals surface area contributed by atoms with Crippen LogP contribution >= 0.6 is 11.3 Å². The summed E-state index contributed by atoms with van der Waals surface area (Å²) in [5, 5.41) is 3.55. The van der Waals surface area contributed by atoms with E-state index in [-0.39, 0.29) is 17.5 Å². The van der Waals surface area contributed by atoms with E-state index >= 15 is 0 Å². The van der Waals surface area contributed by atoms with Gasteiger partial charge in [-0.25, -0.2) is 0 Å². The number of pyridine rings is 1. The average Bonchev–Trinajstić information content (AvgIpc) is 3.01. The molecule has 6 heteroatoms. The minimum Gasteiger partial charge on any atom is -0.497 e. The molecule has 142 valence electrons. The summed E-state index contributed by atoms with van der Waals surface area (Å²) in [7, 11) is 1.62. The average molecular weight is 385 g/mol. The van der Waals surface area contributed by atoms with Gasteiger partial charge in [0.1, 0.15) is 5.75 Å². The summed E-state index contributed by atoms with van der Waals surface area (Å²) in [5.74, 6) is 0.557. The fourth-order valence-corrected chi connectivity index (χ4v) is 4.25. The number of ether oxygens (including phenoxy) is 1. The molecule has 0 aliphatic heterocycles. The summed E-state index contributed by atoms with van der Waals surface area (Å²) in [5.41, 5.74) is 1.37. The maximum absolute atomic E-state index is 13.0. The predicted octanol–water partition coefficient (Wildman–Crippen LogP) is 4.28. The number of benzene rings is 1. The molecule has 3 rings (SSSR count). The van der Waals surface area contributed by atoms with Gasteiger partial charge in [-0.2, -0.15) is 0 Å². The summed E-state index contributed by atoms with van der Waals surface area (Å²) in [6.07, 6.45) is 2.68. The van der Waals surface area contributed by atoms with Gasteiger partial charge in [0.15, 0.2) is 0 Å². The lowest BCUT2D eigenvalue weighted by Gasteiger charge is -2.15. The Kier molecular flexibility index (Phi) is 5.65. The Balaban J connectivity index is 1.93. The number of fused-ring (bicyclic) bond motifs is 1. The number of thiophene rings is 1. The number of nitrogens with zero attached hydrogens (tertiary/aromatic N) is 1. The molecule has 1 aromatic carbocycles.